The second-order valence-corrected chi connectivity index (χ2v) is 9.39. The summed E-state index contributed by atoms with van der Waals surface area (Å²) >= 11 is 8.77. The van der Waals surface area contributed by atoms with E-state index in [-0.39, 0.29) is 16.9 Å². The van der Waals surface area contributed by atoms with Crippen LogP contribution in [0, 0.1) is 0 Å². The third kappa shape index (κ3) is 8.49. The second-order valence-electron chi connectivity index (χ2n) is 8.12. The number of nitrogens with one attached hydrogen (secondary N) is 2. The van der Waals surface area contributed by atoms with Gasteiger partial charge in [-0.2, -0.15) is 0 Å². The summed E-state index contributed by atoms with van der Waals surface area (Å²) in [5, 5.41) is 5.90. The molecule has 0 saturated heterocycles. The molecule has 6 nitrogen and oxygen atoms in total. The fourth-order valence-corrected chi connectivity index (χ4v) is 3.95. The summed E-state index contributed by atoms with van der Waals surface area (Å²) in [5.41, 5.74) is 3.46. The lowest BCUT2D eigenvalue weighted by molar-refractivity contribution is -0.128. The van der Waals surface area contributed by atoms with Gasteiger partial charge in [-0.1, -0.05) is 42.5 Å². The van der Waals surface area contributed by atoms with Crippen LogP contribution in [0.25, 0.3) is 0 Å². The van der Waals surface area contributed by atoms with E-state index in [2.05, 4.69) is 38.7 Å². The van der Waals surface area contributed by atoms with E-state index in [4.69, 9.17) is 17.0 Å². The molecule has 0 saturated carbocycles. The highest BCUT2D eigenvalue weighted by molar-refractivity contribution is 9.10. The van der Waals surface area contributed by atoms with E-state index in [1.807, 2.05) is 42.5 Å². The zero-order valence-corrected chi connectivity index (χ0v) is 22.1. The third-order valence-corrected chi connectivity index (χ3v) is 6.07. The normalized spacial score (nSPS) is 10.4. The molecule has 0 unspecified atom stereocenters. The number of halogens is 1. The molecule has 0 heterocycles. The number of hydrogen-bond donors (Lipinski definition) is 2. The summed E-state index contributed by atoms with van der Waals surface area (Å²) in [6.45, 7) is 0.535. The second kappa shape index (κ2) is 13.0. The predicted octanol–water partition coefficient (Wildman–Crippen LogP) is 5.22. The van der Waals surface area contributed by atoms with Gasteiger partial charge in [-0.3, -0.25) is 14.9 Å². The van der Waals surface area contributed by atoms with E-state index in [1.165, 1.54) is 5.56 Å². The molecule has 2 N–H and O–H groups in total. The number of carbonyl (C=O) groups is 2. The monoisotopic (exact) mass is 553 g/mol. The Balaban J connectivity index is 1.47. The smallest absolute Gasteiger partial charge is 0.257 e. The van der Waals surface area contributed by atoms with Crippen molar-refractivity contribution in [3.8, 4) is 5.75 Å². The summed E-state index contributed by atoms with van der Waals surface area (Å²) in [6.07, 6.45) is 1.92. The van der Waals surface area contributed by atoms with Crippen LogP contribution < -0.4 is 15.4 Å². The fourth-order valence-electron chi connectivity index (χ4n) is 3.25. The van der Waals surface area contributed by atoms with Crippen molar-refractivity contribution in [3.05, 3.63) is 94.0 Å². The zero-order chi connectivity index (χ0) is 25.2. The first kappa shape index (κ1) is 26.4. The van der Waals surface area contributed by atoms with E-state index >= 15 is 0 Å². The first-order chi connectivity index (χ1) is 16.8. The highest BCUT2D eigenvalue weighted by Crippen LogP contribution is 2.26. The molecule has 35 heavy (non-hydrogen) atoms. The number of anilines is 1. The molecule has 0 atom stereocenters. The van der Waals surface area contributed by atoms with Crippen molar-refractivity contribution < 1.29 is 14.3 Å². The van der Waals surface area contributed by atoms with E-state index in [1.54, 1.807) is 37.2 Å². The Kier molecular flexibility index (Phi) is 9.81. The molecule has 3 rings (SSSR count). The number of benzene rings is 3. The maximum atomic E-state index is 12.6. The van der Waals surface area contributed by atoms with Gasteiger partial charge in [0.05, 0.1) is 11.1 Å². The fraction of sp³-hybridized carbons (Fsp3) is 0.222. The van der Waals surface area contributed by atoms with Crippen molar-refractivity contribution in [2.75, 3.05) is 26.0 Å². The number of carbonyl (C=O) groups excluding carboxylic acids is 2. The molecule has 0 spiro atoms. The minimum absolute atomic E-state index is 0.0921. The summed E-state index contributed by atoms with van der Waals surface area (Å²) < 4.78 is 6.54. The van der Waals surface area contributed by atoms with Crippen molar-refractivity contribution in [2.24, 2.45) is 0 Å². The van der Waals surface area contributed by atoms with Gasteiger partial charge in [-0.25, -0.2) is 0 Å². The van der Waals surface area contributed by atoms with Gasteiger partial charge < -0.3 is 15.0 Å². The van der Waals surface area contributed by atoms with Gasteiger partial charge in [-0.15, -0.1) is 0 Å². The molecule has 0 bridgehead atoms. The Morgan fingerprint density at radius 3 is 2.29 bits per heavy atom. The first-order valence-corrected chi connectivity index (χ1v) is 12.4. The minimum Gasteiger partial charge on any atom is -0.492 e. The van der Waals surface area contributed by atoms with Crippen molar-refractivity contribution in [3.63, 3.8) is 0 Å². The van der Waals surface area contributed by atoms with Crippen LogP contribution in [0.2, 0.25) is 0 Å². The SMILES string of the molecule is CN(C)C(=O)CCc1ccc(NC(=S)NC(=O)c2ccc(OCCc3ccccc3)c(Br)c2)cc1. The molecule has 3 aromatic carbocycles. The maximum absolute atomic E-state index is 12.6. The van der Waals surface area contributed by atoms with Crippen LogP contribution in [0.1, 0.15) is 27.9 Å². The summed E-state index contributed by atoms with van der Waals surface area (Å²) in [6, 6.07) is 22.9. The van der Waals surface area contributed by atoms with E-state index < -0.39 is 0 Å². The Morgan fingerprint density at radius 1 is 0.943 bits per heavy atom. The lowest BCUT2D eigenvalue weighted by Crippen LogP contribution is -2.34. The van der Waals surface area contributed by atoms with Crippen LogP contribution in [0.4, 0.5) is 5.69 Å². The molecule has 8 heteroatoms. The van der Waals surface area contributed by atoms with Gasteiger partial charge >= 0.3 is 0 Å². The largest absolute Gasteiger partial charge is 0.492 e. The van der Waals surface area contributed by atoms with Crippen molar-refractivity contribution in [1.29, 1.82) is 0 Å². The number of nitrogens with zero attached hydrogens (tertiary/aromatic N) is 1. The Labute approximate surface area is 219 Å². The first-order valence-electron chi connectivity index (χ1n) is 11.2. The molecule has 0 radical (unpaired) electrons. The van der Waals surface area contributed by atoms with Crippen molar-refractivity contribution >= 4 is 50.8 Å². The molecular formula is C27H28BrN3O3S. The molecule has 0 aromatic heterocycles. The molecule has 0 aliphatic carbocycles. The summed E-state index contributed by atoms with van der Waals surface area (Å²) in [5.74, 6) is 0.443. The quantitative estimate of drug-likeness (QED) is 0.355. The lowest BCUT2D eigenvalue weighted by atomic mass is 10.1. The maximum Gasteiger partial charge on any atom is 0.257 e. The predicted molar refractivity (Wildman–Crippen MR) is 147 cm³/mol. The van der Waals surface area contributed by atoms with Gasteiger partial charge in [0.15, 0.2) is 5.11 Å². The van der Waals surface area contributed by atoms with Crippen LogP contribution in [0.5, 0.6) is 5.75 Å². The van der Waals surface area contributed by atoms with Gasteiger partial charge in [-0.05, 0) is 76.0 Å². The minimum atomic E-state index is -0.321. The van der Waals surface area contributed by atoms with Crippen LogP contribution in [-0.4, -0.2) is 42.5 Å². The number of rotatable bonds is 9. The number of hydrogen-bond acceptors (Lipinski definition) is 4. The molecule has 0 aliphatic heterocycles. The standard InChI is InChI=1S/C27H28BrN3O3S/c1-31(2)25(32)15-10-20-8-12-22(13-9-20)29-27(35)30-26(33)21-11-14-24(23(28)18-21)34-17-16-19-6-4-3-5-7-19/h3-9,11-14,18H,10,15-17H2,1-2H3,(H2,29,30,33,35). The van der Waals surface area contributed by atoms with E-state index in [0.717, 1.165) is 17.7 Å². The summed E-state index contributed by atoms with van der Waals surface area (Å²) in [7, 11) is 3.50. The molecule has 2 amide bonds. The average Bonchev–Trinajstić information content (AvgIpc) is 2.84. The molecule has 0 aliphatic rings. The number of ether oxygens (including phenoxy) is 1. The highest BCUT2D eigenvalue weighted by atomic mass is 79.9. The number of amides is 2. The molecule has 3 aromatic rings. The number of aryl methyl sites for hydroxylation is 1. The van der Waals surface area contributed by atoms with Crippen molar-refractivity contribution in [2.45, 2.75) is 19.3 Å². The average molecular weight is 555 g/mol. The third-order valence-electron chi connectivity index (χ3n) is 5.25. The van der Waals surface area contributed by atoms with Crippen LogP contribution in [0.3, 0.4) is 0 Å². The summed E-state index contributed by atoms with van der Waals surface area (Å²) in [4.78, 5) is 25.9. The van der Waals surface area contributed by atoms with E-state index in [0.29, 0.717) is 35.2 Å². The van der Waals surface area contributed by atoms with Crippen LogP contribution in [-0.2, 0) is 17.6 Å². The highest BCUT2D eigenvalue weighted by Gasteiger charge is 2.12. The zero-order valence-electron chi connectivity index (χ0n) is 19.7. The van der Waals surface area contributed by atoms with Gasteiger partial charge in [0, 0.05) is 38.2 Å². The topological polar surface area (TPSA) is 70.7 Å². The Hall–Kier alpha value is -3.23. The van der Waals surface area contributed by atoms with E-state index in [9.17, 15) is 9.59 Å². The van der Waals surface area contributed by atoms with Crippen LogP contribution in [0.15, 0.2) is 77.3 Å². The number of thiocarbonyl (C=S) groups is 1. The Bertz CT molecular complexity index is 1170. The van der Waals surface area contributed by atoms with Gasteiger partial charge in [0.1, 0.15) is 5.75 Å². The molecular weight excluding hydrogens is 526 g/mol. The molecule has 0 fully saturated rings. The lowest BCUT2D eigenvalue weighted by Gasteiger charge is -2.12. The Morgan fingerprint density at radius 2 is 1.63 bits per heavy atom. The molecule has 182 valence electrons. The van der Waals surface area contributed by atoms with Crippen LogP contribution >= 0.6 is 28.1 Å². The van der Waals surface area contributed by atoms with Crippen molar-refractivity contribution in [1.82, 2.24) is 10.2 Å². The van der Waals surface area contributed by atoms with Gasteiger partial charge in [0.2, 0.25) is 5.91 Å². The van der Waals surface area contributed by atoms with Gasteiger partial charge in [0.25, 0.3) is 5.91 Å².